The molecule has 0 unspecified atom stereocenters. The topological polar surface area (TPSA) is 109 Å². The van der Waals surface area contributed by atoms with Crippen LogP contribution in [0.4, 0.5) is 19.5 Å². The monoisotopic (exact) mass is 495 g/mol. The van der Waals surface area contributed by atoms with Crippen LogP contribution in [0, 0.1) is 11.8 Å². The van der Waals surface area contributed by atoms with E-state index in [4.69, 9.17) is 5.73 Å². The lowest BCUT2D eigenvalue weighted by Crippen LogP contribution is -2.32. The molecule has 1 aliphatic heterocycles. The number of pyridine rings is 1. The number of hydrogen-bond acceptors (Lipinski definition) is 7. The Balaban J connectivity index is 1.47. The zero-order chi connectivity index (χ0) is 24.5. The third-order valence-electron chi connectivity index (χ3n) is 5.81. The van der Waals surface area contributed by atoms with Gasteiger partial charge in [0.1, 0.15) is 5.69 Å². The quantitative estimate of drug-likeness (QED) is 0.332. The van der Waals surface area contributed by atoms with Crippen molar-refractivity contribution in [1.82, 2.24) is 25.2 Å². The van der Waals surface area contributed by atoms with E-state index in [0.717, 1.165) is 27.4 Å². The molecular formula is C24H23F2N7OS. The van der Waals surface area contributed by atoms with Crippen molar-refractivity contribution in [3.8, 4) is 21.7 Å². The minimum atomic E-state index is -0.595. The van der Waals surface area contributed by atoms with Crippen LogP contribution in [0.2, 0.25) is 0 Å². The molecule has 2 amide bonds. The Morgan fingerprint density at radius 3 is 2.86 bits per heavy atom. The summed E-state index contributed by atoms with van der Waals surface area (Å²) >= 11 is 1.36. The molecule has 8 nitrogen and oxygen atoms in total. The summed E-state index contributed by atoms with van der Waals surface area (Å²) in [5.74, 6) is -0.870. The van der Waals surface area contributed by atoms with Gasteiger partial charge in [0.25, 0.3) is 0 Å². The first-order valence-electron chi connectivity index (χ1n) is 11.1. The molecular weight excluding hydrogens is 472 g/mol. The molecule has 0 saturated carbocycles. The number of carbonyl (C=O) groups is 1. The average Bonchev–Trinajstić information content (AvgIpc) is 3.45. The Bertz CT molecular complexity index is 1410. The predicted molar refractivity (Wildman–Crippen MR) is 132 cm³/mol. The van der Waals surface area contributed by atoms with Crippen molar-refractivity contribution in [1.29, 1.82) is 0 Å². The van der Waals surface area contributed by atoms with Crippen LogP contribution in [0.5, 0.6) is 0 Å². The van der Waals surface area contributed by atoms with Gasteiger partial charge in [-0.05, 0) is 29.5 Å². The second-order valence-corrected chi connectivity index (χ2v) is 9.31. The molecule has 4 heterocycles. The van der Waals surface area contributed by atoms with Crippen molar-refractivity contribution in [2.45, 2.75) is 13.0 Å². The molecule has 5 rings (SSSR count). The van der Waals surface area contributed by atoms with Gasteiger partial charge in [-0.15, -0.1) is 11.3 Å². The molecule has 1 aliphatic rings. The number of rotatable bonds is 7. The van der Waals surface area contributed by atoms with Crippen LogP contribution in [-0.4, -0.2) is 52.1 Å². The molecule has 0 radical (unpaired) electrons. The maximum absolute atomic E-state index is 14.8. The van der Waals surface area contributed by atoms with Crippen LogP contribution in [0.15, 0.2) is 42.7 Å². The highest BCUT2D eigenvalue weighted by molar-refractivity contribution is 7.22. The van der Waals surface area contributed by atoms with Crippen LogP contribution in [0.3, 0.4) is 0 Å². The van der Waals surface area contributed by atoms with Gasteiger partial charge in [-0.3, -0.25) is 0 Å². The highest BCUT2D eigenvalue weighted by Gasteiger charge is 2.20. The number of nitrogens with two attached hydrogens (primary N) is 1. The van der Waals surface area contributed by atoms with Crippen LogP contribution >= 0.6 is 11.3 Å². The fourth-order valence-electron chi connectivity index (χ4n) is 4.08. The zero-order valence-electron chi connectivity index (χ0n) is 18.9. The van der Waals surface area contributed by atoms with Gasteiger partial charge >= 0.3 is 6.03 Å². The summed E-state index contributed by atoms with van der Waals surface area (Å²) in [5.41, 5.74) is 8.45. The molecule has 0 spiro atoms. The van der Waals surface area contributed by atoms with Crippen LogP contribution < -0.4 is 16.4 Å². The third-order valence-corrected chi connectivity index (χ3v) is 7.00. The maximum atomic E-state index is 14.8. The molecule has 1 aromatic carbocycles. The van der Waals surface area contributed by atoms with E-state index in [9.17, 15) is 13.6 Å². The molecule has 1 atom stereocenters. The lowest BCUT2D eigenvalue weighted by atomic mass is 9.97. The number of nitrogens with zero attached hydrogens (tertiary/aromatic N) is 4. The first-order valence-corrected chi connectivity index (χ1v) is 12.0. The summed E-state index contributed by atoms with van der Waals surface area (Å²) < 4.78 is 29.7. The Hall–Kier alpha value is -3.70. The number of aromatic nitrogens is 3. The summed E-state index contributed by atoms with van der Waals surface area (Å²) in [6.45, 7) is 4.01. The highest BCUT2D eigenvalue weighted by atomic mass is 32.1. The summed E-state index contributed by atoms with van der Waals surface area (Å²) in [6.07, 6.45) is 2.58. The SMILES string of the molecule is C[C@H](N)c1cnc(F)cc1-c1cccc2cc(-c3nc(NCCN4CCNC4=O)ncc3F)sc12. The van der Waals surface area contributed by atoms with Crippen LogP contribution in [-0.2, 0) is 0 Å². The van der Waals surface area contributed by atoms with Crippen LogP contribution in [0.1, 0.15) is 18.5 Å². The number of nitrogens with one attached hydrogen (secondary N) is 2. The Labute approximate surface area is 204 Å². The van der Waals surface area contributed by atoms with Crippen molar-refractivity contribution >= 4 is 33.4 Å². The van der Waals surface area contributed by atoms with E-state index in [0.29, 0.717) is 36.6 Å². The minimum absolute atomic E-state index is 0.102. The number of halogens is 2. The zero-order valence-corrected chi connectivity index (χ0v) is 19.7. The van der Waals surface area contributed by atoms with E-state index in [1.807, 2.05) is 31.2 Å². The van der Waals surface area contributed by atoms with Crippen LogP contribution in [0.25, 0.3) is 31.8 Å². The summed E-state index contributed by atoms with van der Waals surface area (Å²) in [6, 6.07) is 8.47. The number of urea groups is 1. The summed E-state index contributed by atoms with van der Waals surface area (Å²) in [7, 11) is 0. The molecule has 35 heavy (non-hydrogen) atoms. The van der Waals surface area contributed by atoms with Crippen molar-refractivity contribution < 1.29 is 13.6 Å². The Morgan fingerprint density at radius 2 is 2.09 bits per heavy atom. The molecule has 11 heteroatoms. The minimum Gasteiger partial charge on any atom is -0.352 e. The van der Waals surface area contributed by atoms with E-state index >= 15 is 0 Å². The summed E-state index contributed by atoms with van der Waals surface area (Å²) in [5, 5.41) is 6.68. The number of amides is 2. The highest BCUT2D eigenvalue weighted by Crippen LogP contribution is 2.41. The van der Waals surface area contributed by atoms with Gasteiger partial charge in [-0.1, -0.05) is 18.2 Å². The second kappa shape index (κ2) is 9.51. The normalized spacial score (nSPS) is 14.4. The maximum Gasteiger partial charge on any atom is 0.317 e. The van der Waals surface area contributed by atoms with E-state index in [1.54, 1.807) is 4.90 Å². The van der Waals surface area contributed by atoms with Gasteiger partial charge in [0, 0.05) is 54.7 Å². The second-order valence-electron chi connectivity index (χ2n) is 8.25. The molecule has 4 N–H and O–H groups in total. The molecule has 0 bridgehead atoms. The van der Waals surface area contributed by atoms with E-state index in [2.05, 4.69) is 25.6 Å². The molecule has 1 fully saturated rings. The number of carbonyl (C=O) groups excluding carboxylic acids is 1. The molecule has 1 saturated heterocycles. The largest absolute Gasteiger partial charge is 0.352 e. The van der Waals surface area contributed by atoms with Gasteiger partial charge in [-0.2, -0.15) is 4.39 Å². The Kier molecular flexibility index (Phi) is 6.27. The van der Waals surface area contributed by atoms with Crippen molar-refractivity contribution in [3.05, 3.63) is 60.1 Å². The van der Waals surface area contributed by atoms with Crippen molar-refractivity contribution in [2.75, 3.05) is 31.5 Å². The number of thiophene rings is 1. The lowest BCUT2D eigenvalue weighted by Gasteiger charge is -2.14. The fourth-order valence-corrected chi connectivity index (χ4v) is 5.26. The fraction of sp³-hybridized carbons (Fsp3) is 0.250. The number of hydrogen-bond donors (Lipinski definition) is 3. The Morgan fingerprint density at radius 1 is 1.23 bits per heavy atom. The number of fused-ring (bicyclic) bond motifs is 1. The molecule has 180 valence electrons. The molecule has 4 aromatic rings. The van der Waals surface area contributed by atoms with Crippen molar-refractivity contribution in [3.63, 3.8) is 0 Å². The van der Waals surface area contributed by atoms with E-state index in [1.165, 1.54) is 23.6 Å². The molecule has 3 aromatic heterocycles. The van der Waals surface area contributed by atoms with Gasteiger partial charge in [-0.25, -0.2) is 24.1 Å². The van der Waals surface area contributed by atoms with Gasteiger partial charge in [0.2, 0.25) is 11.9 Å². The predicted octanol–water partition coefficient (Wildman–Crippen LogP) is 4.16. The average molecular weight is 496 g/mol. The third kappa shape index (κ3) is 4.64. The summed E-state index contributed by atoms with van der Waals surface area (Å²) in [4.78, 5) is 26.1. The van der Waals surface area contributed by atoms with E-state index in [-0.39, 0.29) is 23.7 Å². The van der Waals surface area contributed by atoms with Gasteiger partial charge in [0.15, 0.2) is 5.82 Å². The first kappa shape index (κ1) is 23.1. The first-order chi connectivity index (χ1) is 16.9. The van der Waals surface area contributed by atoms with Crippen molar-refractivity contribution in [2.24, 2.45) is 5.73 Å². The number of anilines is 1. The van der Waals surface area contributed by atoms with Gasteiger partial charge in [0.05, 0.1) is 11.1 Å². The smallest absolute Gasteiger partial charge is 0.317 e. The molecule has 0 aliphatic carbocycles. The van der Waals surface area contributed by atoms with Gasteiger partial charge < -0.3 is 21.3 Å². The van der Waals surface area contributed by atoms with E-state index < -0.39 is 11.8 Å². The lowest BCUT2D eigenvalue weighted by molar-refractivity contribution is 0.219. The number of benzene rings is 1. The standard InChI is InChI=1S/C24H23F2N7OS/c1-13(27)17-11-30-20(26)10-16(17)15-4-2-3-14-9-19(35-22(14)15)21-18(25)12-31-23(32-21)28-5-7-33-8-6-29-24(33)34/h2-4,9-13H,5-8,27H2,1H3,(H,29,34)(H,28,31,32)/t13-/m0/s1.